The number of nitrogens with zero attached hydrogens (tertiary/aromatic N) is 2. The van der Waals surface area contributed by atoms with Crippen LogP contribution in [0.4, 0.5) is 0 Å². The summed E-state index contributed by atoms with van der Waals surface area (Å²) in [6.07, 6.45) is 3.05. The molecule has 2 aromatic rings. The van der Waals surface area contributed by atoms with Gasteiger partial charge in [0.05, 0.1) is 17.2 Å². The standard InChI is InChI=1S/C23H24N2O3/c1-16-8-7-9-17(2)25(16)22(26)15-28-23(27)21-13-6-5-12-20(21)19-11-4-3-10-18(19)14-24/h3-6,10-13,16-17H,7-9,15H2,1-2H3/t16-,17+. The number of carbonyl (C=O) groups is 2. The van der Waals surface area contributed by atoms with Crippen LogP contribution in [-0.2, 0) is 9.53 Å². The number of esters is 1. The van der Waals surface area contributed by atoms with Gasteiger partial charge in [0.2, 0.25) is 0 Å². The van der Waals surface area contributed by atoms with E-state index in [9.17, 15) is 14.9 Å². The number of amides is 1. The quantitative estimate of drug-likeness (QED) is 0.751. The van der Waals surface area contributed by atoms with Gasteiger partial charge in [-0.1, -0.05) is 36.4 Å². The molecule has 0 spiro atoms. The van der Waals surface area contributed by atoms with Crippen LogP contribution in [0.25, 0.3) is 11.1 Å². The first-order chi connectivity index (χ1) is 13.5. The second-order valence-corrected chi connectivity index (χ2v) is 7.21. The van der Waals surface area contributed by atoms with Crippen molar-refractivity contribution in [3.63, 3.8) is 0 Å². The number of nitriles is 1. The minimum absolute atomic E-state index is 0.157. The van der Waals surface area contributed by atoms with Gasteiger partial charge in [0.1, 0.15) is 0 Å². The summed E-state index contributed by atoms with van der Waals surface area (Å²) >= 11 is 0. The Morgan fingerprint density at radius 3 is 2.32 bits per heavy atom. The molecule has 5 heteroatoms. The Labute approximate surface area is 165 Å². The molecular weight excluding hydrogens is 352 g/mol. The minimum atomic E-state index is -0.561. The third-order valence-electron chi connectivity index (χ3n) is 5.29. The molecule has 5 nitrogen and oxygen atoms in total. The second-order valence-electron chi connectivity index (χ2n) is 7.21. The zero-order chi connectivity index (χ0) is 20.1. The van der Waals surface area contributed by atoms with Crippen molar-refractivity contribution in [1.82, 2.24) is 4.90 Å². The molecule has 28 heavy (non-hydrogen) atoms. The zero-order valence-electron chi connectivity index (χ0n) is 16.2. The van der Waals surface area contributed by atoms with E-state index in [-0.39, 0.29) is 24.6 Å². The maximum atomic E-state index is 12.7. The molecule has 144 valence electrons. The van der Waals surface area contributed by atoms with Gasteiger partial charge in [0.25, 0.3) is 5.91 Å². The minimum Gasteiger partial charge on any atom is -0.452 e. The van der Waals surface area contributed by atoms with E-state index in [0.29, 0.717) is 22.3 Å². The number of piperidine rings is 1. The molecule has 0 bridgehead atoms. The number of ether oxygens (including phenoxy) is 1. The summed E-state index contributed by atoms with van der Waals surface area (Å²) in [5, 5.41) is 9.36. The Morgan fingerprint density at radius 2 is 1.64 bits per heavy atom. The average Bonchev–Trinajstić information content (AvgIpc) is 2.71. The molecule has 0 aliphatic carbocycles. The number of carbonyl (C=O) groups excluding carboxylic acids is 2. The van der Waals surface area contributed by atoms with Crippen molar-refractivity contribution in [2.75, 3.05) is 6.61 Å². The van der Waals surface area contributed by atoms with Crippen molar-refractivity contribution in [2.24, 2.45) is 0 Å². The fourth-order valence-corrected chi connectivity index (χ4v) is 3.90. The molecule has 2 aromatic carbocycles. The summed E-state index contributed by atoms with van der Waals surface area (Å²) in [5.74, 6) is -0.725. The number of rotatable bonds is 4. The lowest BCUT2D eigenvalue weighted by Crippen LogP contribution is -2.49. The van der Waals surface area contributed by atoms with Crippen molar-refractivity contribution in [3.8, 4) is 17.2 Å². The third kappa shape index (κ3) is 4.07. The predicted octanol–water partition coefficient (Wildman–Crippen LogP) is 4.17. The SMILES string of the molecule is C[C@@H]1CCC[C@H](C)N1C(=O)COC(=O)c1ccccc1-c1ccccc1C#N. The van der Waals surface area contributed by atoms with Gasteiger partial charge in [-0.2, -0.15) is 5.26 Å². The van der Waals surface area contributed by atoms with Crippen LogP contribution < -0.4 is 0 Å². The van der Waals surface area contributed by atoms with Gasteiger partial charge in [-0.15, -0.1) is 0 Å². The van der Waals surface area contributed by atoms with Gasteiger partial charge >= 0.3 is 5.97 Å². The summed E-state index contributed by atoms with van der Waals surface area (Å²) in [5.41, 5.74) is 2.12. The highest BCUT2D eigenvalue weighted by atomic mass is 16.5. The van der Waals surface area contributed by atoms with Gasteiger partial charge in [-0.05, 0) is 50.8 Å². The van der Waals surface area contributed by atoms with Gasteiger partial charge in [0.15, 0.2) is 6.61 Å². The van der Waals surface area contributed by atoms with E-state index >= 15 is 0 Å². The maximum absolute atomic E-state index is 12.7. The molecule has 0 aromatic heterocycles. The summed E-state index contributed by atoms with van der Waals surface area (Å²) in [6, 6.07) is 16.6. The van der Waals surface area contributed by atoms with E-state index in [2.05, 4.69) is 6.07 Å². The molecule has 0 radical (unpaired) electrons. The largest absolute Gasteiger partial charge is 0.452 e. The Bertz CT molecular complexity index is 906. The first-order valence-corrected chi connectivity index (χ1v) is 9.59. The number of hydrogen-bond acceptors (Lipinski definition) is 4. The molecule has 2 atom stereocenters. The number of likely N-dealkylation sites (tertiary alicyclic amines) is 1. The first kappa shape index (κ1) is 19.6. The first-order valence-electron chi connectivity index (χ1n) is 9.59. The van der Waals surface area contributed by atoms with Gasteiger partial charge < -0.3 is 9.64 Å². The molecular formula is C23H24N2O3. The van der Waals surface area contributed by atoms with Crippen LogP contribution in [0.2, 0.25) is 0 Å². The normalized spacial score (nSPS) is 19.0. The van der Waals surface area contributed by atoms with E-state index in [1.165, 1.54) is 0 Å². The Balaban J connectivity index is 1.77. The summed E-state index contributed by atoms with van der Waals surface area (Å²) in [4.78, 5) is 27.2. The van der Waals surface area contributed by atoms with E-state index in [1.807, 2.05) is 30.9 Å². The fraction of sp³-hybridized carbons (Fsp3) is 0.348. The molecule has 0 unspecified atom stereocenters. The summed E-state index contributed by atoms with van der Waals surface area (Å²) < 4.78 is 5.36. The number of hydrogen-bond donors (Lipinski definition) is 0. The summed E-state index contributed by atoms with van der Waals surface area (Å²) in [7, 11) is 0. The van der Waals surface area contributed by atoms with Crippen molar-refractivity contribution < 1.29 is 14.3 Å². The van der Waals surface area contributed by atoms with Crippen molar-refractivity contribution in [3.05, 3.63) is 59.7 Å². The lowest BCUT2D eigenvalue weighted by molar-refractivity contribution is -0.140. The molecule has 3 rings (SSSR count). The van der Waals surface area contributed by atoms with Crippen LogP contribution >= 0.6 is 0 Å². The predicted molar refractivity (Wildman–Crippen MR) is 106 cm³/mol. The molecule has 1 amide bonds. The Hall–Kier alpha value is -3.13. The lowest BCUT2D eigenvalue weighted by Gasteiger charge is -2.38. The van der Waals surface area contributed by atoms with Gasteiger partial charge in [-0.25, -0.2) is 4.79 Å². The molecule has 1 aliphatic rings. The second kappa shape index (κ2) is 8.71. The smallest absolute Gasteiger partial charge is 0.339 e. The third-order valence-corrected chi connectivity index (χ3v) is 5.29. The van der Waals surface area contributed by atoms with E-state index in [1.54, 1.807) is 36.4 Å². The van der Waals surface area contributed by atoms with Crippen molar-refractivity contribution in [1.29, 1.82) is 5.26 Å². The fourth-order valence-electron chi connectivity index (χ4n) is 3.90. The van der Waals surface area contributed by atoms with Gasteiger partial charge in [-0.3, -0.25) is 4.79 Å². The van der Waals surface area contributed by atoms with E-state index in [4.69, 9.17) is 4.74 Å². The van der Waals surface area contributed by atoms with Crippen LogP contribution in [0.3, 0.4) is 0 Å². The van der Waals surface area contributed by atoms with Crippen LogP contribution in [0.5, 0.6) is 0 Å². The molecule has 0 N–H and O–H groups in total. The Kier molecular flexibility index (Phi) is 6.10. The van der Waals surface area contributed by atoms with Crippen LogP contribution in [0.1, 0.15) is 49.0 Å². The van der Waals surface area contributed by atoms with Crippen molar-refractivity contribution >= 4 is 11.9 Å². The monoisotopic (exact) mass is 376 g/mol. The van der Waals surface area contributed by atoms with Gasteiger partial charge in [0, 0.05) is 17.6 Å². The number of benzene rings is 2. The van der Waals surface area contributed by atoms with E-state index in [0.717, 1.165) is 19.3 Å². The molecule has 0 saturated carbocycles. The molecule has 1 saturated heterocycles. The zero-order valence-corrected chi connectivity index (χ0v) is 16.2. The van der Waals surface area contributed by atoms with Crippen LogP contribution in [0, 0.1) is 11.3 Å². The summed E-state index contributed by atoms with van der Waals surface area (Å²) in [6.45, 7) is 3.79. The molecule has 1 fully saturated rings. The van der Waals surface area contributed by atoms with Crippen LogP contribution in [-0.4, -0.2) is 35.5 Å². The Morgan fingerprint density at radius 1 is 1.04 bits per heavy atom. The maximum Gasteiger partial charge on any atom is 0.339 e. The highest BCUT2D eigenvalue weighted by molar-refractivity contribution is 5.99. The molecule has 1 heterocycles. The average molecular weight is 376 g/mol. The van der Waals surface area contributed by atoms with Crippen molar-refractivity contribution in [2.45, 2.75) is 45.2 Å². The topological polar surface area (TPSA) is 70.4 Å². The highest BCUT2D eigenvalue weighted by Gasteiger charge is 2.29. The highest BCUT2D eigenvalue weighted by Crippen LogP contribution is 2.27. The van der Waals surface area contributed by atoms with E-state index < -0.39 is 5.97 Å². The molecule has 1 aliphatic heterocycles. The van der Waals surface area contributed by atoms with Crippen LogP contribution in [0.15, 0.2) is 48.5 Å². The lowest BCUT2D eigenvalue weighted by atomic mass is 9.96.